The number of rotatable bonds is 6. The number of aromatic nitrogens is 2. The molecule has 4 nitrogen and oxygen atoms in total. The normalized spacial score (nSPS) is 13.1. The second kappa shape index (κ2) is 5.80. The summed E-state index contributed by atoms with van der Waals surface area (Å²) in [4.78, 5) is 11.6. The van der Waals surface area contributed by atoms with Crippen LogP contribution in [-0.4, -0.2) is 26.8 Å². The van der Waals surface area contributed by atoms with Gasteiger partial charge < -0.3 is 5.11 Å². The van der Waals surface area contributed by atoms with Gasteiger partial charge in [-0.3, -0.25) is 9.48 Å². The first-order valence-corrected chi connectivity index (χ1v) is 5.79. The van der Waals surface area contributed by atoms with Crippen molar-refractivity contribution < 1.29 is 9.90 Å². The molecule has 90 valence electrons. The van der Waals surface area contributed by atoms with Crippen molar-refractivity contribution in [3.05, 3.63) is 18.0 Å². The Bertz CT molecular complexity index is 345. The molecular weight excluding hydrogens is 204 g/mol. The molecule has 0 aliphatic carbocycles. The number of aliphatic hydroxyl groups excluding tert-OH is 1. The molecule has 0 saturated heterocycles. The van der Waals surface area contributed by atoms with Crippen molar-refractivity contribution in [1.82, 2.24) is 9.78 Å². The Labute approximate surface area is 96.3 Å². The Balaban J connectivity index is 2.56. The largest absolute Gasteiger partial charge is 0.385 e. The van der Waals surface area contributed by atoms with Crippen LogP contribution in [0.25, 0.3) is 0 Å². The minimum Gasteiger partial charge on any atom is -0.385 e. The lowest BCUT2D eigenvalue weighted by atomic mass is 10.1. The molecule has 1 unspecified atom stereocenters. The summed E-state index contributed by atoms with van der Waals surface area (Å²) in [6.07, 6.45) is 2.59. The van der Waals surface area contributed by atoms with E-state index in [1.54, 1.807) is 0 Å². The maximum atomic E-state index is 11.6. The van der Waals surface area contributed by atoms with E-state index in [1.165, 1.54) is 0 Å². The summed E-state index contributed by atoms with van der Waals surface area (Å²) in [5.74, 6) is -0.143. The standard InChI is InChI=1S/C12H20N2O2/c1-4-5-11(15)12(16)8-10-6-7-14(13-10)9(2)3/h6-7,9,11,15H,4-5,8H2,1-3H3. The predicted octanol–water partition coefficient (Wildman–Crippen LogP) is 1.74. The number of carbonyl (C=O) groups is 1. The van der Waals surface area contributed by atoms with Gasteiger partial charge in [0.05, 0.1) is 12.1 Å². The molecule has 16 heavy (non-hydrogen) atoms. The zero-order valence-electron chi connectivity index (χ0n) is 10.2. The maximum absolute atomic E-state index is 11.6. The zero-order valence-corrected chi connectivity index (χ0v) is 10.2. The van der Waals surface area contributed by atoms with Gasteiger partial charge in [0, 0.05) is 12.2 Å². The molecule has 0 aliphatic rings. The molecule has 1 atom stereocenters. The van der Waals surface area contributed by atoms with E-state index in [2.05, 4.69) is 5.10 Å². The first-order valence-electron chi connectivity index (χ1n) is 5.79. The van der Waals surface area contributed by atoms with Gasteiger partial charge in [0.2, 0.25) is 0 Å². The average Bonchev–Trinajstić information content (AvgIpc) is 2.66. The summed E-state index contributed by atoms with van der Waals surface area (Å²) in [5.41, 5.74) is 0.730. The van der Waals surface area contributed by atoms with Gasteiger partial charge in [-0.2, -0.15) is 5.10 Å². The molecule has 1 aromatic heterocycles. The van der Waals surface area contributed by atoms with E-state index in [4.69, 9.17) is 0 Å². The maximum Gasteiger partial charge on any atom is 0.167 e. The third kappa shape index (κ3) is 3.45. The Morgan fingerprint density at radius 1 is 1.56 bits per heavy atom. The molecule has 0 saturated carbocycles. The van der Waals surface area contributed by atoms with E-state index in [0.717, 1.165) is 12.1 Å². The fraction of sp³-hybridized carbons (Fsp3) is 0.667. The molecule has 0 aliphatic heterocycles. The van der Waals surface area contributed by atoms with E-state index in [-0.39, 0.29) is 12.2 Å². The Morgan fingerprint density at radius 3 is 2.75 bits per heavy atom. The number of hydrogen-bond donors (Lipinski definition) is 1. The number of Topliss-reactive ketones (excluding diaryl/α,β-unsaturated/α-hetero) is 1. The molecule has 4 heteroatoms. The molecule has 1 aromatic rings. The van der Waals surface area contributed by atoms with Crippen LogP contribution in [0.4, 0.5) is 0 Å². The number of hydrogen-bond acceptors (Lipinski definition) is 3. The van der Waals surface area contributed by atoms with Gasteiger partial charge in [-0.1, -0.05) is 13.3 Å². The first kappa shape index (κ1) is 12.9. The zero-order chi connectivity index (χ0) is 12.1. The van der Waals surface area contributed by atoms with E-state index < -0.39 is 6.10 Å². The molecule has 0 amide bonds. The van der Waals surface area contributed by atoms with Crippen LogP contribution < -0.4 is 0 Å². The van der Waals surface area contributed by atoms with E-state index in [9.17, 15) is 9.90 Å². The van der Waals surface area contributed by atoms with Gasteiger partial charge >= 0.3 is 0 Å². The van der Waals surface area contributed by atoms with Crippen molar-refractivity contribution in [2.45, 2.75) is 52.2 Å². The van der Waals surface area contributed by atoms with Crippen LogP contribution in [0.2, 0.25) is 0 Å². The highest BCUT2D eigenvalue weighted by Gasteiger charge is 2.15. The number of nitrogens with zero attached hydrogens (tertiary/aromatic N) is 2. The lowest BCUT2D eigenvalue weighted by Crippen LogP contribution is -2.22. The third-order valence-electron chi connectivity index (χ3n) is 2.48. The predicted molar refractivity (Wildman–Crippen MR) is 62.2 cm³/mol. The van der Waals surface area contributed by atoms with Crippen molar-refractivity contribution >= 4 is 5.78 Å². The quantitative estimate of drug-likeness (QED) is 0.800. The summed E-state index contributed by atoms with van der Waals surface area (Å²) >= 11 is 0. The van der Waals surface area contributed by atoms with Crippen LogP contribution in [0.3, 0.4) is 0 Å². The number of carbonyl (C=O) groups excluding carboxylic acids is 1. The van der Waals surface area contributed by atoms with Crippen LogP contribution in [0.15, 0.2) is 12.3 Å². The first-order chi connectivity index (χ1) is 7.54. The molecular formula is C12H20N2O2. The van der Waals surface area contributed by atoms with Crippen LogP contribution >= 0.6 is 0 Å². The van der Waals surface area contributed by atoms with Crippen molar-refractivity contribution in [3.63, 3.8) is 0 Å². The Hall–Kier alpha value is -1.16. The fourth-order valence-electron chi connectivity index (χ4n) is 1.49. The topological polar surface area (TPSA) is 55.1 Å². The van der Waals surface area contributed by atoms with Crippen LogP contribution in [0.5, 0.6) is 0 Å². The van der Waals surface area contributed by atoms with Crippen molar-refractivity contribution in [2.24, 2.45) is 0 Å². The minimum absolute atomic E-state index is 0.143. The fourth-order valence-corrected chi connectivity index (χ4v) is 1.49. The third-order valence-corrected chi connectivity index (χ3v) is 2.48. The Morgan fingerprint density at radius 2 is 2.25 bits per heavy atom. The van der Waals surface area contributed by atoms with Crippen molar-refractivity contribution in [2.75, 3.05) is 0 Å². The van der Waals surface area contributed by atoms with Gasteiger partial charge in [-0.25, -0.2) is 0 Å². The van der Waals surface area contributed by atoms with E-state index >= 15 is 0 Å². The van der Waals surface area contributed by atoms with Crippen LogP contribution in [-0.2, 0) is 11.2 Å². The number of ketones is 1. The second-order valence-corrected chi connectivity index (χ2v) is 4.33. The highest BCUT2D eigenvalue weighted by atomic mass is 16.3. The molecule has 1 heterocycles. The highest BCUT2D eigenvalue weighted by Crippen LogP contribution is 2.07. The molecule has 0 aromatic carbocycles. The lowest BCUT2D eigenvalue weighted by molar-refractivity contribution is -0.126. The van der Waals surface area contributed by atoms with Gasteiger partial charge in [0.1, 0.15) is 6.10 Å². The van der Waals surface area contributed by atoms with Crippen molar-refractivity contribution in [3.8, 4) is 0 Å². The van der Waals surface area contributed by atoms with E-state index in [0.29, 0.717) is 12.5 Å². The highest BCUT2D eigenvalue weighted by molar-refractivity contribution is 5.84. The summed E-state index contributed by atoms with van der Waals surface area (Å²) < 4.78 is 1.81. The summed E-state index contributed by atoms with van der Waals surface area (Å²) in [7, 11) is 0. The molecule has 0 radical (unpaired) electrons. The molecule has 1 rings (SSSR count). The van der Waals surface area contributed by atoms with Crippen molar-refractivity contribution in [1.29, 1.82) is 0 Å². The van der Waals surface area contributed by atoms with Gasteiger partial charge in [-0.05, 0) is 26.3 Å². The summed E-state index contributed by atoms with van der Waals surface area (Å²) in [6.45, 7) is 6.01. The summed E-state index contributed by atoms with van der Waals surface area (Å²) in [5, 5.41) is 13.8. The average molecular weight is 224 g/mol. The molecule has 0 spiro atoms. The van der Waals surface area contributed by atoms with Gasteiger partial charge in [-0.15, -0.1) is 0 Å². The number of aliphatic hydroxyl groups is 1. The van der Waals surface area contributed by atoms with Gasteiger partial charge in [0.15, 0.2) is 5.78 Å². The molecule has 1 N–H and O–H groups in total. The monoisotopic (exact) mass is 224 g/mol. The van der Waals surface area contributed by atoms with Gasteiger partial charge in [0.25, 0.3) is 0 Å². The lowest BCUT2D eigenvalue weighted by Gasteiger charge is -2.07. The molecule has 0 bridgehead atoms. The minimum atomic E-state index is -0.839. The molecule has 0 fully saturated rings. The SMILES string of the molecule is CCCC(O)C(=O)Cc1ccn(C(C)C)n1. The van der Waals surface area contributed by atoms with Crippen LogP contribution in [0, 0.1) is 0 Å². The summed E-state index contributed by atoms with van der Waals surface area (Å²) in [6, 6.07) is 2.13. The smallest absolute Gasteiger partial charge is 0.167 e. The second-order valence-electron chi connectivity index (χ2n) is 4.33. The van der Waals surface area contributed by atoms with Crippen LogP contribution in [0.1, 0.15) is 45.3 Å². The van der Waals surface area contributed by atoms with E-state index in [1.807, 2.05) is 37.7 Å². The Kier molecular flexibility index (Phi) is 4.68.